The molecule has 3 aromatic rings. The molecule has 2 amide bonds. The van der Waals surface area contributed by atoms with Crippen LogP contribution in [0.4, 0.5) is 22.0 Å². The van der Waals surface area contributed by atoms with E-state index in [0.717, 1.165) is 59.3 Å². The largest absolute Gasteiger partial charge is 0.377 e. The van der Waals surface area contributed by atoms with E-state index >= 15 is 0 Å². The molecule has 0 spiro atoms. The van der Waals surface area contributed by atoms with Crippen molar-refractivity contribution >= 4 is 45.7 Å². The second kappa shape index (κ2) is 9.65. The lowest BCUT2D eigenvalue weighted by Crippen LogP contribution is -2.42. The Morgan fingerprint density at radius 3 is 2.50 bits per heavy atom. The Balaban J connectivity index is 1.33. The third kappa shape index (κ3) is 5.07. The molecule has 6 nitrogen and oxygen atoms in total. The number of para-hydroxylation sites is 1. The van der Waals surface area contributed by atoms with Crippen molar-refractivity contribution in [3.05, 3.63) is 59.1 Å². The summed E-state index contributed by atoms with van der Waals surface area (Å²) in [5, 5.41) is 11.4. The van der Waals surface area contributed by atoms with E-state index in [1.54, 1.807) is 0 Å². The number of urea groups is 1. The van der Waals surface area contributed by atoms with Crippen molar-refractivity contribution in [2.75, 3.05) is 29.6 Å². The van der Waals surface area contributed by atoms with E-state index in [2.05, 4.69) is 53.1 Å². The standard InChI is InChI=1S/C25H30ClN5O/c1-16-20(26)8-6-10-21(16)30-25(32)28-18-13-11-17(12-14-18)27-24-15-23(31(2)3)19-7-4-5-9-22(19)29-24/h4-10,15,17-18H,11-14H2,1-3H3,(H,27,29)(H2,28,30,32)/t17-,18+. The number of rotatable bonds is 5. The first-order valence-corrected chi connectivity index (χ1v) is 11.4. The predicted octanol–water partition coefficient (Wildman–Crippen LogP) is 5.81. The lowest BCUT2D eigenvalue weighted by Gasteiger charge is -2.30. The van der Waals surface area contributed by atoms with Crippen LogP contribution in [0.5, 0.6) is 0 Å². The van der Waals surface area contributed by atoms with Crippen molar-refractivity contribution in [3.8, 4) is 0 Å². The number of nitrogens with zero attached hydrogens (tertiary/aromatic N) is 2. The van der Waals surface area contributed by atoms with Gasteiger partial charge in [0, 0.05) is 54.0 Å². The molecule has 168 valence electrons. The van der Waals surface area contributed by atoms with E-state index in [-0.39, 0.29) is 12.1 Å². The van der Waals surface area contributed by atoms with Crippen LogP contribution in [0.1, 0.15) is 31.2 Å². The molecule has 4 rings (SSSR count). The molecular weight excluding hydrogens is 422 g/mol. The molecule has 1 aliphatic carbocycles. The summed E-state index contributed by atoms with van der Waals surface area (Å²) in [5.41, 5.74) is 3.76. The molecule has 0 aliphatic heterocycles. The van der Waals surface area contributed by atoms with Gasteiger partial charge in [-0.25, -0.2) is 9.78 Å². The average Bonchev–Trinajstić information content (AvgIpc) is 2.77. The Bertz CT molecular complexity index is 1110. The molecule has 0 unspecified atom stereocenters. The number of nitrogens with one attached hydrogen (secondary N) is 3. The third-order valence-corrected chi connectivity index (χ3v) is 6.52. The lowest BCUT2D eigenvalue weighted by molar-refractivity contribution is 0.243. The maximum atomic E-state index is 12.4. The highest BCUT2D eigenvalue weighted by Gasteiger charge is 2.23. The van der Waals surface area contributed by atoms with Gasteiger partial charge in [0.1, 0.15) is 5.82 Å². The molecule has 3 N–H and O–H groups in total. The van der Waals surface area contributed by atoms with Gasteiger partial charge in [-0.1, -0.05) is 35.9 Å². The number of carbonyl (C=O) groups excluding carboxylic acids is 1. The van der Waals surface area contributed by atoms with Crippen molar-refractivity contribution in [2.24, 2.45) is 0 Å². The molecule has 1 fully saturated rings. The molecule has 1 aromatic heterocycles. The van der Waals surface area contributed by atoms with E-state index in [1.807, 2.05) is 37.3 Å². The molecule has 32 heavy (non-hydrogen) atoms. The summed E-state index contributed by atoms with van der Waals surface area (Å²) in [6, 6.07) is 16.2. The number of hydrogen-bond acceptors (Lipinski definition) is 4. The summed E-state index contributed by atoms with van der Waals surface area (Å²) in [5.74, 6) is 0.901. The first-order valence-electron chi connectivity index (χ1n) is 11.1. The molecule has 1 heterocycles. The fraction of sp³-hybridized carbons (Fsp3) is 0.360. The number of amides is 2. The van der Waals surface area contributed by atoms with Crippen molar-refractivity contribution in [2.45, 2.75) is 44.7 Å². The molecule has 0 saturated heterocycles. The van der Waals surface area contributed by atoms with Crippen molar-refractivity contribution in [1.29, 1.82) is 0 Å². The van der Waals surface area contributed by atoms with Crippen LogP contribution in [0.2, 0.25) is 5.02 Å². The van der Waals surface area contributed by atoms with Gasteiger partial charge in [0.25, 0.3) is 0 Å². The lowest BCUT2D eigenvalue weighted by atomic mass is 9.91. The van der Waals surface area contributed by atoms with E-state index in [4.69, 9.17) is 16.6 Å². The van der Waals surface area contributed by atoms with E-state index < -0.39 is 0 Å². The fourth-order valence-corrected chi connectivity index (χ4v) is 4.45. The number of benzene rings is 2. The van der Waals surface area contributed by atoms with Crippen LogP contribution in [-0.2, 0) is 0 Å². The molecule has 7 heteroatoms. The first-order chi connectivity index (χ1) is 15.4. The van der Waals surface area contributed by atoms with Gasteiger partial charge < -0.3 is 20.9 Å². The van der Waals surface area contributed by atoms with E-state index in [9.17, 15) is 4.79 Å². The minimum absolute atomic E-state index is 0.162. The zero-order chi connectivity index (χ0) is 22.7. The molecule has 1 saturated carbocycles. The summed E-state index contributed by atoms with van der Waals surface area (Å²) >= 11 is 6.14. The number of carbonyl (C=O) groups is 1. The van der Waals surface area contributed by atoms with Gasteiger partial charge in [-0.3, -0.25) is 0 Å². The second-order valence-electron chi connectivity index (χ2n) is 8.64. The maximum Gasteiger partial charge on any atom is 0.319 e. The summed E-state index contributed by atoms with van der Waals surface area (Å²) in [6.07, 6.45) is 3.81. The highest BCUT2D eigenvalue weighted by atomic mass is 35.5. The normalized spacial score (nSPS) is 18.2. The number of hydrogen-bond donors (Lipinski definition) is 3. The minimum atomic E-state index is -0.182. The van der Waals surface area contributed by atoms with Gasteiger partial charge >= 0.3 is 6.03 Å². The zero-order valence-electron chi connectivity index (χ0n) is 18.8. The van der Waals surface area contributed by atoms with Gasteiger partial charge in [-0.2, -0.15) is 0 Å². The van der Waals surface area contributed by atoms with Gasteiger partial charge in [0.2, 0.25) is 0 Å². The Labute approximate surface area is 194 Å². The Hall–Kier alpha value is -2.99. The Kier molecular flexibility index (Phi) is 6.70. The van der Waals surface area contributed by atoms with Crippen LogP contribution in [0.15, 0.2) is 48.5 Å². The second-order valence-corrected chi connectivity index (χ2v) is 9.05. The molecule has 0 radical (unpaired) electrons. The highest BCUT2D eigenvalue weighted by Crippen LogP contribution is 2.29. The summed E-state index contributed by atoms with van der Waals surface area (Å²) < 4.78 is 0. The molecular formula is C25H30ClN5O. The zero-order valence-corrected chi connectivity index (χ0v) is 19.5. The van der Waals surface area contributed by atoms with Gasteiger partial charge in [0.15, 0.2) is 0 Å². The molecule has 1 aliphatic rings. The SMILES string of the molecule is Cc1c(Cl)cccc1NC(=O)N[C@H]1CC[C@@H](Nc2cc(N(C)C)c3ccccc3n2)CC1. The highest BCUT2D eigenvalue weighted by molar-refractivity contribution is 6.31. The molecule has 2 aromatic carbocycles. The Morgan fingerprint density at radius 2 is 1.75 bits per heavy atom. The topological polar surface area (TPSA) is 69.3 Å². The van der Waals surface area contributed by atoms with Crippen molar-refractivity contribution < 1.29 is 4.79 Å². The number of halogens is 1. The van der Waals surface area contributed by atoms with E-state index in [1.165, 1.54) is 0 Å². The predicted molar refractivity (Wildman–Crippen MR) is 134 cm³/mol. The maximum absolute atomic E-state index is 12.4. The van der Waals surface area contributed by atoms with Crippen LogP contribution < -0.4 is 20.9 Å². The average molecular weight is 452 g/mol. The van der Waals surface area contributed by atoms with Gasteiger partial charge in [-0.05, 0) is 56.4 Å². The van der Waals surface area contributed by atoms with Crippen LogP contribution in [0, 0.1) is 6.92 Å². The Morgan fingerprint density at radius 1 is 1.03 bits per heavy atom. The summed E-state index contributed by atoms with van der Waals surface area (Å²) in [4.78, 5) is 19.4. The van der Waals surface area contributed by atoms with Crippen LogP contribution in [0.25, 0.3) is 10.9 Å². The van der Waals surface area contributed by atoms with E-state index in [0.29, 0.717) is 11.1 Å². The van der Waals surface area contributed by atoms with Crippen LogP contribution >= 0.6 is 11.6 Å². The minimum Gasteiger partial charge on any atom is -0.377 e. The van der Waals surface area contributed by atoms with Gasteiger partial charge in [-0.15, -0.1) is 0 Å². The summed E-state index contributed by atoms with van der Waals surface area (Å²) in [7, 11) is 4.11. The summed E-state index contributed by atoms with van der Waals surface area (Å²) in [6.45, 7) is 1.90. The fourth-order valence-electron chi connectivity index (χ4n) is 4.28. The third-order valence-electron chi connectivity index (χ3n) is 6.11. The van der Waals surface area contributed by atoms with Gasteiger partial charge in [0.05, 0.1) is 5.52 Å². The van der Waals surface area contributed by atoms with Crippen LogP contribution in [0.3, 0.4) is 0 Å². The first kappa shape index (κ1) is 22.2. The smallest absolute Gasteiger partial charge is 0.319 e. The van der Waals surface area contributed by atoms with Crippen molar-refractivity contribution in [1.82, 2.24) is 10.3 Å². The van der Waals surface area contributed by atoms with Crippen LogP contribution in [-0.4, -0.2) is 37.2 Å². The number of anilines is 3. The number of aromatic nitrogens is 1. The number of fused-ring (bicyclic) bond motifs is 1. The quantitative estimate of drug-likeness (QED) is 0.458. The number of pyridine rings is 1. The molecule has 0 bridgehead atoms. The molecule has 0 atom stereocenters. The monoisotopic (exact) mass is 451 g/mol. The van der Waals surface area contributed by atoms with Crippen molar-refractivity contribution in [3.63, 3.8) is 0 Å².